The first-order valence-electron chi connectivity index (χ1n) is 7.79. The Labute approximate surface area is 160 Å². The van der Waals surface area contributed by atoms with E-state index in [2.05, 4.69) is 10.6 Å². The third kappa shape index (κ3) is 4.26. The van der Waals surface area contributed by atoms with Crippen LogP contribution in [0.25, 0.3) is 0 Å². The van der Waals surface area contributed by atoms with Crippen LogP contribution in [0.1, 0.15) is 20.7 Å². The number of fused-ring (bicyclic) bond motifs is 1. The Morgan fingerprint density at radius 1 is 0.889 bits per heavy atom. The maximum absolute atomic E-state index is 11.8. The number of methoxy groups -OCH3 is 2. The normalized spacial score (nSPS) is 11.5. The van der Waals surface area contributed by atoms with Crippen molar-refractivity contribution in [3.63, 3.8) is 0 Å². The molecule has 0 aliphatic carbocycles. The lowest BCUT2D eigenvalue weighted by atomic mass is 10.1. The Balaban J connectivity index is 1.78. The summed E-state index contributed by atoms with van der Waals surface area (Å²) in [6, 6.07) is 9.72. The van der Waals surface area contributed by atoms with Crippen LogP contribution < -0.4 is 20.1 Å². The van der Waals surface area contributed by atoms with E-state index in [0.717, 1.165) is 0 Å². The van der Waals surface area contributed by atoms with Gasteiger partial charge in [0.05, 0.1) is 25.3 Å². The molecular weight excluding hydrogens is 372 g/mol. The molecule has 0 amide bonds. The highest BCUT2D eigenvalue weighted by Gasteiger charge is 2.16. The van der Waals surface area contributed by atoms with Crippen LogP contribution in [-0.2, 0) is 9.47 Å². The number of nitrogens with one attached hydrogen (secondary N) is 2. The summed E-state index contributed by atoms with van der Waals surface area (Å²) in [6.07, 6.45) is 0. The molecule has 2 aromatic carbocycles. The third-order valence-corrected chi connectivity index (χ3v) is 3.87. The largest absolute Gasteiger partial charge is 0.465 e. The minimum absolute atomic E-state index is 0.179. The first-order chi connectivity index (χ1) is 13.0. The maximum Gasteiger partial charge on any atom is 0.337 e. The molecule has 8 nitrogen and oxygen atoms in total. The minimum atomic E-state index is -0.585. The molecule has 0 unspecified atom stereocenters. The van der Waals surface area contributed by atoms with Crippen LogP contribution in [0.3, 0.4) is 0 Å². The summed E-state index contributed by atoms with van der Waals surface area (Å²) in [5.74, 6) is 0.105. The number of benzene rings is 2. The van der Waals surface area contributed by atoms with Crippen LogP contribution in [0, 0.1) is 0 Å². The molecule has 0 saturated carbocycles. The number of thiocarbonyl (C=S) groups is 1. The number of esters is 2. The molecule has 9 heteroatoms. The number of hydrogen-bond donors (Lipinski definition) is 2. The first kappa shape index (κ1) is 18.5. The number of carbonyl (C=O) groups excluding carboxylic acids is 2. The molecule has 2 aromatic rings. The van der Waals surface area contributed by atoms with Crippen LogP contribution >= 0.6 is 12.2 Å². The van der Waals surface area contributed by atoms with Crippen molar-refractivity contribution in [3.8, 4) is 11.5 Å². The second-order valence-electron chi connectivity index (χ2n) is 5.43. The molecule has 0 saturated heterocycles. The van der Waals surface area contributed by atoms with E-state index in [1.165, 1.54) is 32.4 Å². The zero-order chi connectivity index (χ0) is 19.4. The maximum atomic E-state index is 11.8. The van der Waals surface area contributed by atoms with Crippen LogP contribution in [0.5, 0.6) is 11.5 Å². The molecule has 1 aliphatic heterocycles. The summed E-state index contributed by atoms with van der Waals surface area (Å²) in [4.78, 5) is 23.7. The quantitative estimate of drug-likeness (QED) is 0.605. The molecule has 1 aliphatic rings. The zero-order valence-corrected chi connectivity index (χ0v) is 15.3. The fourth-order valence-corrected chi connectivity index (χ4v) is 2.67. The monoisotopic (exact) mass is 388 g/mol. The van der Waals surface area contributed by atoms with Gasteiger partial charge in [-0.25, -0.2) is 9.59 Å². The van der Waals surface area contributed by atoms with Gasteiger partial charge in [0, 0.05) is 17.4 Å². The van der Waals surface area contributed by atoms with Crippen LogP contribution in [0.15, 0.2) is 36.4 Å². The van der Waals surface area contributed by atoms with Gasteiger partial charge in [-0.3, -0.25) is 0 Å². The Bertz CT molecular complexity index is 880. The Kier molecular flexibility index (Phi) is 5.41. The van der Waals surface area contributed by atoms with Crippen molar-refractivity contribution in [1.82, 2.24) is 0 Å². The smallest absolute Gasteiger partial charge is 0.337 e. The summed E-state index contributed by atoms with van der Waals surface area (Å²) >= 11 is 5.29. The van der Waals surface area contributed by atoms with Crippen molar-refractivity contribution in [3.05, 3.63) is 47.5 Å². The fourth-order valence-electron chi connectivity index (χ4n) is 2.44. The van der Waals surface area contributed by atoms with E-state index in [9.17, 15) is 9.59 Å². The van der Waals surface area contributed by atoms with Crippen molar-refractivity contribution in [2.45, 2.75) is 0 Å². The molecule has 0 radical (unpaired) electrons. The fraction of sp³-hybridized carbons (Fsp3) is 0.167. The van der Waals surface area contributed by atoms with Gasteiger partial charge in [-0.2, -0.15) is 0 Å². The second-order valence-corrected chi connectivity index (χ2v) is 5.84. The van der Waals surface area contributed by atoms with Crippen molar-refractivity contribution >= 4 is 40.6 Å². The lowest BCUT2D eigenvalue weighted by Gasteiger charge is -2.13. The van der Waals surface area contributed by atoms with Gasteiger partial charge in [0.25, 0.3) is 0 Å². The van der Waals surface area contributed by atoms with Gasteiger partial charge in [-0.05, 0) is 42.5 Å². The molecule has 27 heavy (non-hydrogen) atoms. The second kappa shape index (κ2) is 7.92. The average molecular weight is 388 g/mol. The molecule has 2 N–H and O–H groups in total. The lowest BCUT2D eigenvalue weighted by molar-refractivity contribution is 0.0599. The standard InChI is InChI=1S/C18H16N2O6S/c1-23-16(21)10-5-11(17(22)24-2)7-13(6-10)20-18(27)19-12-3-4-14-15(8-12)26-9-25-14/h3-8H,9H2,1-2H3,(H2,19,20,27). The molecule has 0 spiro atoms. The predicted octanol–water partition coefficient (Wildman–Crippen LogP) is 2.80. The number of carbonyl (C=O) groups is 2. The first-order valence-corrected chi connectivity index (χ1v) is 8.20. The highest BCUT2D eigenvalue weighted by molar-refractivity contribution is 7.80. The summed E-state index contributed by atoms with van der Waals surface area (Å²) in [6.45, 7) is 0.179. The molecule has 0 atom stereocenters. The highest BCUT2D eigenvalue weighted by atomic mass is 32.1. The minimum Gasteiger partial charge on any atom is -0.465 e. The van der Waals surface area contributed by atoms with Gasteiger partial charge in [0.15, 0.2) is 16.6 Å². The predicted molar refractivity (Wildman–Crippen MR) is 102 cm³/mol. The van der Waals surface area contributed by atoms with Crippen molar-refractivity contribution in [2.75, 3.05) is 31.6 Å². The van der Waals surface area contributed by atoms with E-state index >= 15 is 0 Å². The molecule has 0 bridgehead atoms. The topological polar surface area (TPSA) is 95.1 Å². The van der Waals surface area contributed by atoms with Gasteiger partial charge in [-0.1, -0.05) is 0 Å². The number of ether oxygens (including phenoxy) is 4. The molecular formula is C18H16N2O6S. The van der Waals surface area contributed by atoms with Crippen LogP contribution in [0.4, 0.5) is 11.4 Å². The molecule has 140 valence electrons. The Morgan fingerprint density at radius 2 is 1.48 bits per heavy atom. The van der Waals surface area contributed by atoms with E-state index in [1.54, 1.807) is 18.2 Å². The van der Waals surface area contributed by atoms with Gasteiger partial charge in [0.1, 0.15) is 0 Å². The van der Waals surface area contributed by atoms with Crippen molar-refractivity contribution in [2.24, 2.45) is 0 Å². The van der Waals surface area contributed by atoms with Crippen LogP contribution in [-0.4, -0.2) is 38.1 Å². The average Bonchev–Trinajstić information content (AvgIpc) is 3.14. The summed E-state index contributed by atoms with van der Waals surface area (Å²) in [5, 5.41) is 6.18. The summed E-state index contributed by atoms with van der Waals surface area (Å²) in [7, 11) is 2.51. The van der Waals surface area contributed by atoms with Gasteiger partial charge < -0.3 is 29.6 Å². The highest BCUT2D eigenvalue weighted by Crippen LogP contribution is 2.34. The van der Waals surface area contributed by atoms with Crippen molar-refractivity contribution < 1.29 is 28.5 Å². The molecule has 0 aromatic heterocycles. The number of hydrogen-bond acceptors (Lipinski definition) is 7. The van der Waals surface area contributed by atoms with E-state index in [4.69, 9.17) is 31.2 Å². The Hall–Kier alpha value is -3.33. The Morgan fingerprint density at radius 3 is 2.11 bits per heavy atom. The molecule has 3 rings (SSSR count). The van der Waals surface area contributed by atoms with Gasteiger partial charge in [-0.15, -0.1) is 0 Å². The summed E-state index contributed by atoms with van der Waals surface area (Å²) < 4.78 is 20.0. The van der Waals surface area contributed by atoms with Crippen LogP contribution in [0.2, 0.25) is 0 Å². The van der Waals surface area contributed by atoms with E-state index in [-0.39, 0.29) is 23.0 Å². The van der Waals surface area contributed by atoms with E-state index in [1.807, 2.05) is 0 Å². The SMILES string of the molecule is COC(=O)c1cc(NC(=S)Nc2ccc3c(c2)OCO3)cc(C(=O)OC)c1. The van der Waals surface area contributed by atoms with Crippen molar-refractivity contribution in [1.29, 1.82) is 0 Å². The number of rotatable bonds is 4. The van der Waals surface area contributed by atoms with Gasteiger partial charge in [0.2, 0.25) is 6.79 Å². The molecule has 0 fully saturated rings. The molecule has 1 heterocycles. The zero-order valence-electron chi connectivity index (χ0n) is 14.5. The van der Waals surface area contributed by atoms with Gasteiger partial charge >= 0.3 is 11.9 Å². The summed E-state index contributed by atoms with van der Waals surface area (Å²) in [5.41, 5.74) is 1.49. The number of anilines is 2. The third-order valence-electron chi connectivity index (χ3n) is 3.66. The lowest BCUT2D eigenvalue weighted by Crippen LogP contribution is -2.20. The van der Waals surface area contributed by atoms with E-state index in [0.29, 0.717) is 22.9 Å². The van der Waals surface area contributed by atoms with E-state index < -0.39 is 11.9 Å².